The van der Waals surface area contributed by atoms with Crippen LogP contribution in [0.1, 0.15) is 26.0 Å². The van der Waals surface area contributed by atoms with E-state index < -0.39 is 0 Å². The molecule has 0 spiro atoms. The van der Waals surface area contributed by atoms with Gasteiger partial charge in [0.1, 0.15) is 0 Å². The Balaban J connectivity index is 2.09. The molecule has 0 saturated carbocycles. The zero-order valence-electron chi connectivity index (χ0n) is 10.1. The van der Waals surface area contributed by atoms with E-state index in [1.54, 1.807) is 5.51 Å². The van der Waals surface area contributed by atoms with Gasteiger partial charge in [-0.2, -0.15) is 0 Å². The number of aromatic nitrogens is 1. The number of rotatable bonds is 6. The van der Waals surface area contributed by atoms with Gasteiger partial charge in [0.15, 0.2) is 0 Å². The van der Waals surface area contributed by atoms with Crippen LogP contribution in [0.3, 0.4) is 0 Å². The molecule has 1 rings (SSSR count). The average molecular weight is 257 g/mol. The lowest BCUT2D eigenvalue weighted by Gasteiger charge is -2.14. The van der Waals surface area contributed by atoms with Gasteiger partial charge in [-0.05, 0) is 12.3 Å². The molecule has 1 aromatic heterocycles. The van der Waals surface area contributed by atoms with E-state index in [0.717, 1.165) is 5.69 Å². The highest BCUT2D eigenvalue weighted by molar-refractivity contribution is 7.07. The zero-order valence-corrected chi connectivity index (χ0v) is 11.0. The number of hydrogen-bond acceptors (Lipinski definition) is 4. The van der Waals surface area contributed by atoms with Crippen LogP contribution >= 0.6 is 11.3 Å². The van der Waals surface area contributed by atoms with Gasteiger partial charge in [0.05, 0.1) is 23.9 Å². The first-order valence-electron chi connectivity index (χ1n) is 5.66. The molecule has 17 heavy (non-hydrogen) atoms. The summed E-state index contributed by atoms with van der Waals surface area (Å²) in [6, 6.07) is -0.228. The summed E-state index contributed by atoms with van der Waals surface area (Å²) >= 11 is 1.50. The van der Waals surface area contributed by atoms with Gasteiger partial charge in [-0.15, -0.1) is 11.3 Å². The Bertz CT molecular complexity index is 327. The van der Waals surface area contributed by atoms with Crippen molar-refractivity contribution in [2.75, 3.05) is 6.54 Å². The molecular weight excluding hydrogens is 238 g/mol. The SMILES string of the molecule is CC(C)C(O)CCNC(=O)NCc1cscn1. The summed E-state index contributed by atoms with van der Waals surface area (Å²) in [5.41, 5.74) is 2.58. The van der Waals surface area contributed by atoms with Gasteiger partial charge in [0.2, 0.25) is 0 Å². The first kappa shape index (κ1) is 13.9. The van der Waals surface area contributed by atoms with Crippen LogP contribution in [0.25, 0.3) is 0 Å². The van der Waals surface area contributed by atoms with E-state index in [1.807, 2.05) is 19.2 Å². The van der Waals surface area contributed by atoms with Crippen molar-refractivity contribution in [1.29, 1.82) is 0 Å². The molecule has 3 N–H and O–H groups in total. The fourth-order valence-electron chi connectivity index (χ4n) is 1.23. The predicted molar refractivity (Wildman–Crippen MR) is 67.8 cm³/mol. The van der Waals surface area contributed by atoms with Gasteiger partial charge in [0.25, 0.3) is 0 Å². The number of urea groups is 1. The van der Waals surface area contributed by atoms with E-state index in [2.05, 4.69) is 15.6 Å². The smallest absolute Gasteiger partial charge is 0.315 e. The molecule has 1 atom stereocenters. The molecule has 0 aliphatic heterocycles. The molecule has 1 unspecified atom stereocenters. The van der Waals surface area contributed by atoms with Crippen LogP contribution in [0.5, 0.6) is 0 Å². The predicted octanol–water partition coefficient (Wildman–Crippen LogP) is 1.35. The lowest BCUT2D eigenvalue weighted by molar-refractivity contribution is 0.116. The largest absolute Gasteiger partial charge is 0.393 e. The molecule has 0 fully saturated rings. The minimum atomic E-state index is -0.367. The molecule has 0 aromatic carbocycles. The lowest BCUT2D eigenvalue weighted by atomic mass is 10.0. The Kier molecular flexibility index (Phi) is 5.93. The molecule has 0 aliphatic carbocycles. The summed E-state index contributed by atoms with van der Waals surface area (Å²) in [5, 5.41) is 16.8. The maximum absolute atomic E-state index is 11.4. The highest BCUT2D eigenvalue weighted by Gasteiger charge is 2.09. The minimum absolute atomic E-state index is 0.217. The molecular formula is C11H19N3O2S. The van der Waals surface area contributed by atoms with Crippen molar-refractivity contribution in [1.82, 2.24) is 15.6 Å². The van der Waals surface area contributed by atoms with Crippen molar-refractivity contribution in [2.45, 2.75) is 32.9 Å². The second-order valence-electron chi connectivity index (χ2n) is 4.19. The highest BCUT2D eigenvalue weighted by Crippen LogP contribution is 2.04. The lowest BCUT2D eigenvalue weighted by Crippen LogP contribution is -2.37. The average Bonchev–Trinajstić information content (AvgIpc) is 2.78. The van der Waals surface area contributed by atoms with Gasteiger partial charge >= 0.3 is 6.03 Å². The number of carbonyl (C=O) groups is 1. The van der Waals surface area contributed by atoms with Crippen LogP contribution in [0.15, 0.2) is 10.9 Å². The minimum Gasteiger partial charge on any atom is -0.393 e. The van der Waals surface area contributed by atoms with Gasteiger partial charge in [-0.1, -0.05) is 13.8 Å². The maximum Gasteiger partial charge on any atom is 0.315 e. The molecule has 0 bridgehead atoms. The van der Waals surface area contributed by atoms with Gasteiger partial charge in [-0.3, -0.25) is 0 Å². The molecule has 0 aliphatic rings. The van der Waals surface area contributed by atoms with Crippen LogP contribution in [0.4, 0.5) is 4.79 Å². The first-order valence-corrected chi connectivity index (χ1v) is 6.60. The van der Waals surface area contributed by atoms with Crippen molar-refractivity contribution in [2.24, 2.45) is 5.92 Å². The summed E-state index contributed by atoms with van der Waals surface area (Å²) in [6.45, 7) is 4.81. The molecule has 6 heteroatoms. The number of carbonyl (C=O) groups excluding carboxylic acids is 1. The third-order valence-electron chi connectivity index (χ3n) is 2.41. The quantitative estimate of drug-likeness (QED) is 0.720. The standard InChI is InChI=1S/C11H19N3O2S/c1-8(2)10(15)3-4-12-11(16)13-5-9-6-17-7-14-9/h6-8,10,15H,3-5H2,1-2H3,(H2,12,13,16). The fraction of sp³-hybridized carbons (Fsp3) is 0.636. The Labute approximate surface area is 105 Å². The van der Waals surface area contributed by atoms with Crippen LogP contribution in [0.2, 0.25) is 0 Å². The summed E-state index contributed by atoms with van der Waals surface area (Å²) in [5.74, 6) is 0.217. The van der Waals surface area contributed by atoms with E-state index in [4.69, 9.17) is 0 Å². The number of thiazole rings is 1. The maximum atomic E-state index is 11.4. The van der Waals surface area contributed by atoms with Crippen LogP contribution in [0, 0.1) is 5.92 Å². The number of aliphatic hydroxyl groups excluding tert-OH is 1. The van der Waals surface area contributed by atoms with Crippen molar-refractivity contribution in [3.05, 3.63) is 16.6 Å². The molecule has 2 amide bonds. The van der Waals surface area contributed by atoms with Gasteiger partial charge in [-0.25, -0.2) is 9.78 Å². The normalized spacial score (nSPS) is 12.5. The Morgan fingerprint density at radius 3 is 2.88 bits per heavy atom. The van der Waals surface area contributed by atoms with Crippen LogP contribution in [-0.2, 0) is 6.54 Å². The van der Waals surface area contributed by atoms with Crippen LogP contribution in [-0.4, -0.2) is 28.8 Å². The zero-order chi connectivity index (χ0) is 12.7. The Morgan fingerprint density at radius 1 is 1.53 bits per heavy atom. The van der Waals surface area contributed by atoms with E-state index >= 15 is 0 Å². The first-order chi connectivity index (χ1) is 8.09. The summed E-state index contributed by atoms with van der Waals surface area (Å²) in [6.07, 6.45) is 0.204. The number of aliphatic hydroxyl groups is 1. The third-order valence-corrected chi connectivity index (χ3v) is 3.04. The monoisotopic (exact) mass is 257 g/mol. The Hall–Kier alpha value is -1.14. The van der Waals surface area contributed by atoms with E-state index in [1.165, 1.54) is 11.3 Å². The van der Waals surface area contributed by atoms with Crippen molar-refractivity contribution in [3.63, 3.8) is 0 Å². The summed E-state index contributed by atoms with van der Waals surface area (Å²) < 4.78 is 0. The van der Waals surface area contributed by atoms with E-state index in [9.17, 15) is 9.90 Å². The highest BCUT2D eigenvalue weighted by atomic mass is 32.1. The van der Waals surface area contributed by atoms with Crippen LogP contribution < -0.4 is 10.6 Å². The molecule has 1 aromatic rings. The molecule has 0 radical (unpaired) electrons. The second-order valence-corrected chi connectivity index (χ2v) is 4.91. The van der Waals surface area contributed by atoms with Crippen molar-refractivity contribution < 1.29 is 9.90 Å². The second kappa shape index (κ2) is 7.24. The molecule has 96 valence electrons. The number of nitrogens with zero attached hydrogens (tertiary/aromatic N) is 1. The van der Waals surface area contributed by atoms with Crippen molar-refractivity contribution >= 4 is 17.4 Å². The van der Waals surface area contributed by atoms with Gasteiger partial charge in [0, 0.05) is 11.9 Å². The molecule has 5 nitrogen and oxygen atoms in total. The van der Waals surface area contributed by atoms with Crippen molar-refractivity contribution in [3.8, 4) is 0 Å². The molecule has 0 saturated heterocycles. The van der Waals surface area contributed by atoms with E-state index in [-0.39, 0.29) is 18.1 Å². The topological polar surface area (TPSA) is 74.2 Å². The molecule has 1 heterocycles. The summed E-state index contributed by atoms with van der Waals surface area (Å²) in [4.78, 5) is 15.4. The van der Waals surface area contributed by atoms with Gasteiger partial charge < -0.3 is 15.7 Å². The Morgan fingerprint density at radius 2 is 2.29 bits per heavy atom. The van der Waals surface area contributed by atoms with E-state index in [0.29, 0.717) is 19.5 Å². The number of hydrogen-bond donors (Lipinski definition) is 3. The fourth-order valence-corrected chi connectivity index (χ4v) is 1.78. The number of amides is 2. The third kappa shape index (κ3) is 5.65. The number of nitrogens with one attached hydrogen (secondary N) is 2. The summed E-state index contributed by atoms with van der Waals surface area (Å²) in [7, 11) is 0.